The van der Waals surface area contributed by atoms with Crippen molar-refractivity contribution in [2.45, 2.75) is 24.6 Å². The van der Waals surface area contributed by atoms with Gasteiger partial charge in [-0.15, -0.1) is 0 Å². The molecule has 2 aromatic carbocycles. The molecule has 0 spiro atoms. The normalized spacial score (nSPS) is 25.0. The number of nitrogens with zero attached hydrogens (tertiary/aromatic N) is 1. The number of nitro groups is 1. The number of benzene rings is 2. The number of aliphatic hydroxyl groups excluding tert-OH is 3. The van der Waals surface area contributed by atoms with E-state index in [2.05, 4.69) is 0 Å². The molecule has 3 rings (SSSR count). The molecule has 142 valence electrons. The van der Waals surface area contributed by atoms with Gasteiger partial charge in [0.2, 0.25) is 6.29 Å². The lowest BCUT2D eigenvalue weighted by Gasteiger charge is -2.34. The molecule has 0 aliphatic carbocycles. The first-order valence-corrected chi connectivity index (χ1v) is 8.08. The van der Waals surface area contributed by atoms with Gasteiger partial charge >= 0.3 is 0 Å². The summed E-state index contributed by atoms with van der Waals surface area (Å²) in [6, 6.07) is 11.3. The smallest absolute Gasteiger partial charge is 0.270 e. The Labute approximate surface area is 153 Å². The maximum absolute atomic E-state index is 12.5. The summed E-state index contributed by atoms with van der Waals surface area (Å²) >= 11 is 0. The number of ether oxygens (including phenoxy) is 2. The minimum Gasteiger partial charge on any atom is -0.462 e. The van der Waals surface area contributed by atoms with Crippen LogP contribution in [0.1, 0.15) is 15.9 Å². The topological polar surface area (TPSA) is 139 Å². The molecule has 0 amide bonds. The third-order valence-corrected chi connectivity index (χ3v) is 4.14. The molecule has 3 N–H and O–H groups in total. The predicted octanol–water partition coefficient (Wildman–Crippen LogP) is 0.644. The molecular formula is C18H17NO8. The molecule has 1 fully saturated rings. The lowest BCUT2D eigenvalue weighted by atomic mass is 10.0. The van der Waals surface area contributed by atoms with Crippen molar-refractivity contribution in [2.75, 3.05) is 6.61 Å². The van der Waals surface area contributed by atoms with Gasteiger partial charge in [-0.2, -0.15) is 0 Å². The van der Waals surface area contributed by atoms with Crippen molar-refractivity contribution in [1.82, 2.24) is 0 Å². The zero-order valence-electron chi connectivity index (χ0n) is 14.0. The fraction of sp³-hybridized carbons (Fsp3) is 0.278. The standard InChI is InChI=1S/C18H17NO8/c20-14-9-26-18(17(23)16(14)22)27-13-6-4-10(5-7-13)15(21)11-2-1-3-12(8-11)19(24)25/h1-8,14,16-18,20,22-23H,9H2/t14-,16+,17-,18+/m1/s1. The molecule has 0 aromatic heterocycles. The van der Waals surface area contributed by atoms with Gasteiger partial charge < -0.3 is 24.8 Å². The molecule has 2 aromatic rings. The van der Waals surface area contributed by atoms with Crippen molar-refractivity contribution in [3.05, 3.63) is 69.8 Å². The minimum atomic E-state index is -1.43. The molecule has 0 unspecified atom stereocenters. The van der Waals surface area contributed by atoms with E-state index in [0.29, 0.717) is 5.56 Å². The minimum absolute atomic E-state index is 0.176. The van der Waals surface area contributed by atoms with Crippen molar-refractivity contribution in [1.29, 1.82) is 0 Å². The Morgan fingerprint density at radius 3 is 2.44 bits per heavy atom. The van der Waals surface area contributed by atoms with Gasteiger partial charge in [0.15, 0.2) is 5.78 Å². The lowest BCUT2D eigenvalue weighted by molar-refractivity contribution is -0.384. The maximum Gasteiger partial charge on any atom is 0.270 e. The second-order valence-corrected chi connectivity index (χ2v) is 6.03. The van der Waals surface area contributed by atoms with Gasteiger partial charge in [-0.3, -0.25) is 14.9 Å². The van der Waals surface area contributed by atoms with E-state index in [1.165, 1.54) is 48.5 Å². The van der Waals surface area contributed by atoms with Gasteiger partial charge in [-0.25, -0.2) is 0 Å². The molecule has 9 heteroatoms. The Bertz CT molecular complexity index is 838. The van der Waals surface area contributed by atoms with Crippen molar-refractivity contribution < 1.29 is 34.5 Å². The first-order valence-electron chi connectivity index (χ1n) is 8.08. The zero-order chi connectivity index (χ0) is 19.6. The van der Waals surface area contributed by atoms with Crippen molar-refractivity contribution in [3.8, 4) is 5.75 Å². The SMILES string of the molecule is O=C(c1ccc(O[C@@H]2OC[C@@H](O)[C@H](O)[C@H]2O)cc1)c1cccc([N+](=O)[O-])c1. The number of ketones is 1. The van der Waals surface area contributed by atoms with Crippen molar-refractivity contribution in [3.63, 3.8) is 0 Å². The number of hydrogen-bond acceptors (Lipinski definition) is 8. The highest BCUT2D eigenvalue weighted by Gasteiger charge is 2.38. The van der Waals surface area contributed by atoms with E-state index >= 15 is 0 Å². The first-order chi connectivity index (χ1) is 12.9. The summed E-state index contributed by atoms with van der Waals surface area (Å²) < 4.78 is 10.6. The fourth-order valence-electron chi connectivity index (χ4n) is 2.63. The molecule has 0 radical (unpaired) electrons. The second-order valence-electron chi connectivity index (χ2n) is 6.03. The first kappa shape index (κ1) is 18.9. The van der Waals surface area contributed by atoms with Crippen LogP contribution in [0.5, 0.6) is 5.75 Å². The summed E-state index contributed by atoms with van der Waals surface area (Å²) in [6.07, 6.45) is -5.19. The average Bonchev–Trinajstić information content (AvgIpc) is 2.68. The van der Waals surface area contributed by atoms with E-state index in [1.54, 1.807) is 0 Å². The second kappa shape index (κ2) is 7.80. The molecule has 9 nitrogen and oxygen atoms in total. The van der Waals surface area contributed by atoms with Crippen LogP contribution in [0.15, 0.2) is 48.5 Å². The molecular weight excluding hydrogens is 358 g/mol. The Morgan fingerprint density at radius 1 is 1.07 bits per heavy atom. The number of non-ortho nitro benzene ring substituents is 1. The summed E-state index contributed by atoms with van der Waals surface area (Å²) in [5.41, 5.74) is 0.300. The predicted molar refractivity (Wildman–Crippen MR) is 91.4 cm³/mol. The van der Waals surface area contributed by atoms with Crippen LogP contribution in [0.4, 0.5) is 5.69 Å². The van der Waals surface area contributed by atoms with Crippen LogP contribution in [0, 0.1) is 10.1 Å². The number of rotatable bonds is 5. The number of carbonyl (C=O) groups is 1. The summed E-state index contributed by atoms with van der Waals surface area (Å²) in [5.74, 6) is -0.115. The van der Waals surface area contributed by atoms with E-state index in [0.717, 1.165) is 0 Å². The zero-order valence-corrected chi connectivity index (χ0v) is 14.0. The summed E-state index contributed by atoms with van der Waals surface area (Å²) in [4.78, 5) is 22.7. The molecule has 27 heavy (non-hydrogen) atoms. The number of hydrogen-bond donors (Lipinski definition) is 3. The van der Waals surface area contributed by atoms with E-state index in [1.807, 2.05) is 0 Å². The van der Waals surface area contributed by atoms with Crippen LogP contribution in [0.2, 0.25) is 0 Å². The third-order valence-electron chi connectivity index (χ3n) is 4.14. The summed E-state index contributed by atoms with van der Waals surface area (Å²) in [7, 11) is 0. The molecule has 1 saturated heterocycles. The lowest BCUT2D eigenvalue weighted by Crippen LogP contribution is -2.54. The summed E-state index contributed by atoms with van der Waals surface area (Å²) in [6.45, 7) is -0.188. The average molecular weight is 375 g/mol. The number of aliphatic hydroxyl groups is 3. The van der Waals surface area contributed by atoms with Gasteiger partial charge in [-0.05, 0) is 24.3 Å². The highest BCUT2D eigenvalue weighted by atomic mass is 16.7. The monoisotopic (exact) mass is 375 g/mol. The van der Waals surface area contributed by atoms with E-state index < -0.39 is 35.3 Å². The highest BCUT2D eigenvalue weighted by molar-refractivity contribution is 6.09. The Kier molecular flexibility index (Phi) is 5.47. The molecule has 1 aliphatic rings. The third kappa shape index (κ3) is 4.12. The van der Waals surface area contributed by atoms with Crippen LogP contribution < -0.4 is 4.74 Å². The Hall–Kier alpha value is -2.85. The van der Waals surface area contributed by atoms with Gasteiger partial charge in [-0.1, -0.05) is 12.1 Å². The highest BCUT2D eigenvalue weighted by Crippen LogP contribution is 2.22. The van der Waals surface area contributed by atoms with Crippen molar-refractivity contribution in [2.24, 2.45) is 0 Å². The van der Waals surface area contributed by atoms with E-state index in [4.69, 9.17) is 9.47 Å². The van der Waals surface area contributed by atoms with Crippen LogP contribution in [-0.2, 0) is 4.74 Å². The van der Waals surface area contributed by atoms with E-state index in [9.17, 15) is 30.2 Å². The molecule has 0 saturated carbocycles. The van der Waals surface area contributed by atoms with E-state index in [-0.39, 0.29) is 23.6 Å². The van der Waals surface area contributed by atoms with Gasteiger partial charge in [0.1, 0.15) is 24.1 Å². The Balaban J connectivity index is 1.71. The molecule has 4 atom stereocenters. The number of carbonyl (C=O) groups excluding carboxylic acids is 1. The van der Waals surface area contributed by atoms with Crippen LogP contribution in [0.3, 0.4) is 0 Å². The fourth-order valence-corrected chi connectivity index (χ4v) is 2.63. The van der Waals surface area contributed by atoms with Crippen LogP contribution >= 0.6 is 0 Å². The van der Waals surface area contributed by atoms with Crippen LogP contribution in [-0.4, -0.2) is 57.2 Å². The van der Waals surface area contributed by atoms with Gasteiger partial charge in [0.05, 0.1) is 11.5 Å². The molecule has 1 aliphatic heterocycles. The van der Waals surface area contributed by atoms with Gasteiger partial charge in [0.25, 0.3) is 5.69 Å². The number of nitro benzene ring substituents is 1. The maximum atomic E-state index is 12.5. The quantitative estimate of drug-likeness (QED) is 0.393. The Morgan fingerprint density at radius 2 is 1.78 bits per heavy atom. The molecule has 0 bridgehead atoms. The largest absolute Gasteiger partial charge is 0.462 e. The van der Waals surface area contributed by atoms with Crippen molar-refractivity contribution >= 4 is 11.5 Å². The summed E-state index contributed by atoms with van der Waals surface area (Å²) in [5, 5.41) is 39.8. The molecule has 1 heterocycles. The van der Waals surface area contributed by atoms with Gasteiger partial charge in [0, 0.05) is 23.3 Å². The van der Waals surface area contributed by atoms with Crippen LogP contribution in [0.25, 0.3) is 0 Å².